The van der Waals surface area contributed by atoms with Gasteiger partial charge in [-0.05, 0) is 42.5 Å². The quantitative estimate of drug-likeness (QED) is 0.185. The molecule has 0 atom stereocenters. The van der Waals surface area contributed by atoms with Gasteiger partial charge in [-0.15, -0.1) is 22.7 Å². The summed E-state index contributed by atoms with van der Waals surface area (Å²) in [5.41, 5.74) is 6.47. The lowest BCUT2D eigenvalue weighted by Crippen LogP contribution is -2.01. The zero-order chi connectivity index (χ0) is 33.5. The molecule has 0 aliphatic heterocycles. The van der Waals surface area contributed by atoms with Crippen LogP contribution >= 0.6 is 22.7 Å². The zero-order valence-electron chi connectivity index (χ0n) is 27.1. The van der Waals surface area contributed by atoms with Gasteiger partial charge < -0.3 is 4.57 Å². The first-order chi connectivity index (χ1) is 25.3. The van der Waals surface area contributed by atoms with Gasteiger partial charge in [-0.25, -0.2) is 15.0 Å². The standard InChI is InChI=1S/C45H26N4S2/c1-3-13-27(14-4-1)43-46-44(28-15-5-2-6-16-28)48-45(47-43)32-23-24-36(42-41(32)31-19-9-12-22-39(31)51-42)49-35-20-10-7-17-29(35)33-25-34-30-18-8-11-21-38(30)50-40(34)26-37(33)49/h1-26H. The van der Waals surface area contributed by atoms with Gasteiger partial charge in [0.05, 0.1) is 21.4 Å². The van der Waals surface area contributed by atoms with Crippen LogP contribution in [0.1, 0.15) is 0 Å². The van der Waals surface area contributed by atoms with Crippen molar-refractivity contribution in [3.8, 4) is 39.9 Å². The summed E-state index contributed by atoms with van der Waals surface area (Å²) in [5, 5.41) is 7.50. The van der Waals surface area contributed by atoms with Crippen LogP contribution in [-0.2, 0) is 0 Å². The molecule has 0 amide bonds. The summed E-state index contributed by atoms with van der Waals surface area (Å²) < 4.78 is 7.51. The summed E-state index contributed by atoms with van der Waals surface area (Å²) >= 11 is 3.69. The van der Waals surface area contributed by atoms with E-state index in [-0.39, 0.29) is 0 Å². The first kappa shape index (κ1) is 28.6. The highest BCUT2D eigenvalue weighted by Crippen LogP contribution is 2.46. The molecule has 7 aromatic carbocycles. The van der Waals surface area contributed by atoms with Crippen molar-refractivity contribution in [1.82, 2.24) is 19.5 Å². The van der Waals surface area contributed by atoms with Crippen LogP contribution in [0.2, 0.25) is 0 Å². The summed E-state index contributed by atoms with van der Waals surface area (Å²) in [5.74, 6) is 1.98. The van der Waals surface area contributed by atoms with Crippen molar-refractivity contribution in [2.75, 3.05) is 0 Å². The van der Waals surface area contributed by atoms with Crippen LogP contribution in [0.5, 0.6) is 0 Å². The van der Waals surface area contributed by atoms with E-state index in [1.165, 1.54) is 56.8 Å². The molecule has 0 bridgehead atoms. The Morgan fingerprint density at radius 2 is 0.980 bits per heavy atom. The largest absolute Gasteiger partial charge is 0.308 e. The second-order valence-electron chi connectivity index (χ2n) is 12.8. The van der Waals surface area contributed by atoms with Crippen molar-refractivity contribution in [2.45, 2.75) is 0 Å². The lowest BCUT2D eigenvalue weighted by Gasteiger charge is -2.13. The van der Waals surface area contributed by atoms with Crippen LogP contribution in [0, 0.1) is 0 Å². The van der Waals surface area contributed by atoms with Gasteiger partial charge in [0.1, 0.15) is 0 Å². The fourth-order valence-electron chi connectivity index (χ4n) is 7.55. The molecule has 0 saturated carbocycles. The first-order valence-electron chi connectivity index (χ1n) is 16.9. The van der Waals surface area contributed by atoms with Crippen LogP contribution in [0.3, 0.4) is 0 Å². The Morgan fingerprint density at radius 3 is 1.71 bits per heavy atom. The summed E-state index contributed by atoms with van der Waals surface area (Å²) in [6, 6.07) is 55.9. The predicted molar refractivity (Wildman–Crippen MR) is 216 cm³/mol. The van der Waals surface area contributed by atoms with E-state index >= 15 is 0 Å². The molecule has 4 aromatic heterocycles. The third-order valence-corrected chi connectivity index (χ3v) is 12.2. The van der Waals surface area contributed by atoms with Crippen molar-refractivity contribution >= 4 is 84.8 Å². The van der Waals surface area contributed by atoms with E-state index in [4.69, 9.17) is 15.0 Å². The van der Waals surface area contributed by atoms with E-state index < -0.39 is 0 Å². The van der Waals surface area contributed by atoms with Gasteiger partial charge in [0.25, 0.3) is 0 Å². The lowest BCUT2D eigenvalue weighted by molar-refractivity contribution is 1.08. The molecule has 0 radical (unpaired) electrons. The Bertz CT molecular complexity index is 3080. The Balaban J connectivity index is 1.22. The molecule has 11 rings (SSSR count). The van der Waals surface area contributed by atoms with Gasteiger partial charge in [0.15, 0.2) is 17.5 Å². The second-order valence-corrected chi connectivity index (χ2v) is 14.9. The first-order valence-corrected chi connectivity index (χ1v) is 18.6. The van der Waals surface area contributed by atoms with Gasteiger partial charge in [-0.1, -0.05) is 115 Å². The summed E-state index contributed by atoms with van der Waals surface area (Å²) in [6.07, 6.45) is 0. The molecule has 0 fully saturated rings. The fourth-order valence-corrected chi connectivity index (χ4v) is 9.91. The van der Waals surface area contributed by atoms with Crippen LogP contribution < -0.4 is 0 Å². The molecular weight excluding hydrogens is 661 g/mol. The Labute approximate surface area is 300 Å². The second kappa shape index (κ2) is 11.2. The van der Waals surface area contributed by atoms with Crippen molar-refractivity contribution in [2.24, 2.45) is 0 Å². The van der Waals surface area contributed by atoms with Crippen LogP contribution in [-0.4, -0.2) is 19.5 Å². The molecule has 51 heavy (non-hydrogen) atoms. The Kier molecular flexibility index (Phi) is 6.26. The monoisotopic (exact) mass is 686 g/mol. The van der Waals surface area contributed by atoms with Crippen LogP contribution in [0.15, 0.2) is 158 Å². The molecule has 6 heteroatoms. The van der Waals surface area contributed by atoms with E-state index in [9.17, 15) is 0 Å². The third-order valence-electron chi connectivity index (χ3n) is 9.86. The number of para-hydroxylation sites is 1. The topological polar surface area (TPSA) is 43.6 Å². The summed E-state index contributed by atoms with van der Waals surface area (Å²) in [4.78, 5) is 15.3. The maximum absolute atomic E-state index is 5.16. The van der Waals surface area contributed by atoms with E-state index in [1.807, 2.05) is 59.1 Å². The highest BCUT2D eigenvalue weighted by atomic mass is 32.1. The number of hydrogen-bond donors (Lipinski definition) is 0. The van der Waals surface area contributed by atoms with Gasteiger partial charge in [-0.3, -0.25) is 0 Å². The highest BCUT2D eigenvalue weighted by Gasteiger charge is 2.22. The summed E-state index contributed by atoms with van der Waals surface area (Å²) in [6.45, 7) is 0. The van der Waals surface area contributed by atoms with Gasteiger partial charge in [0.2, 0.25) is 0 Å². The number of hydrogen-bond acceptors (Lipinski definition) is 5. The van der Waals surface area contributed by atoms with E-state index in [1.54, 1.807) is 0 Å². The Hall–Kier alpha value is -6.21. The Morgan fingerprint density at radius 1 is 0.392 bits per heavy atom. The van der Waals surface area contributed by atoms with Crippen molar-refractivity contribution < 1.29 is 0 Å². The zero-order valence-corrected chi connectivity index (χ0v) is 28.7. The minimum Gasteiger partial charge on any atom is -0.308 e. The number of rotatable bonds is 4. The molecule has 0 spiro atoms. The van der Waals surface area contributed by atoms with Gasteiger partial charge in [-0.2, -0.15) is 0 Å². The normalized spacial score (nSPS) is 11.9. The number of thiophene rings is 2. The molecule has 4 nitrogen and oxygen atoms in total. The van der Waals surface area contributed by atoms with E-state index in [2.05, 4.69) is 126 Å². The maximum atomic E-state index is 5.16. The predicted octanol–water partition coefficient (Wildman–Crippen LogP) is 12.7. The SMILES string of the molecule is c1ccc(-c2nc(-c3ccccc3)nc(-c3ccc(-n4c5ccccc5c5cc6c(cc54)sc4ccccc46)c4sc5ccccc5c34)n2)cc1. The minimum absolute atomic E-state index is 0.658. The molecule has 0 unspecified atom stereocenters. The molecule has 0 N–H and O–H groups in total. The molecule has 0 aliphatic rings. The average Bonchev–Trinajstić information content (AvgIpc) is 3.87. The smallest absolute Gasteiger partial charge is 0.164 e. The molecule has 0 aliphatic carbocycles. The number of nitrogens with zero attached hydrogens (tertiary/aromatic N) is 4. The van der Waals surface area contributed by atoms with Gasteiger partial charge in [0, 0.05) is 63.1 Å². The van der Waals surface area contributed by atoms with Crippen molar-refractivity contribution in [1.29, 1.82) is 0 Å². The number of fused-ring (bicyclic) bond motifs is 9. The number of aromatic nitrogens is 4. The fraction of sp³-hybridized carbons (Fsp3) is 0. The summed E-state index contributed by atoms with van der Waals surface area (Å²) in [7, 11) is 0. The van der Waals surface area contributed by atoms with Gasteiger partial charge >= 0.3 is 0 Å². The van der Waals surface area contributed by atoms with E-state index in [0.717, 1.165) is 27.8 Å². The number of benzene rings is 7. The van der Waals surface area contributed by atoms with Crippen molar-refractivity contribution in [3.63, 3.8) is 0 Å². The van der Waals surface area contributed by atoms with Crippen molar-refractivity contribution in [3.05, 3.63) is 158 Å². The molecule has 0 saturated heterocycles. The highest BCUT2D eigenvalue weighted by molar-refractivity contribution is 7.26. The maximum Gasteiger partial charge on any atom is 0.164 e. The average molecular weight is 687 g/mol. The van der Waals surface area contributed by atoms with Crippen LogP contribution in [0.25, 0.3) is 102 Å². The minimum atomic E-state index is 0.658. The van der Waals surface area contributed by atoms with E-state index in [0.29, 0.717) is 17.5 Å². The van der Waals surface area contributed by atoms with Crippen LogP contribution in [0.4, 0.5) is 0 Å². The lowest BCUT2D eigenvalue weighted by atomic mass is 10.0. The molecule has 11 aromatic rings. The molecule has 238 valence electrons. The third kappa shape index (κ3) is 4.40. The molecule has 4 heterocycles. The molecular formula is C45H26N4S2.